The van der Waals surface area contributed by atoms with E-state index in [1.54, 1.807) is 0 Å². The maximum absolute atomic E-state index is 3.99. The van der Waals surface area contributed by atoms with Gasteiger partial charge in [-0.1, -0.05) is 39.5 Å². The molecule has 1 saturated heterocycles. The summed E-state index contributed by atoms with van der Waals surface area (Å²) in [7, 11) is 0. The SMILES string of the molecule is CCC1(CC)CNC(C)(C2CC2)CN1C1CCCCCC1. The molecule has 21 heavy (non-hydrogen) atoms. The summed E-state index contributed by atoms with van der Waals surface area (Å²) in [6.45, 7) is 9.83. The summed E-state index contributed by atoms with van der Waals surface area (Å²) < 4.78 is 0. The Morgan fingerprint density at radius 2 is 1.57 bits per heavy atom. The van der Waals surface area contributed by atoms with E-state index in [0.29, 0.717) is 11.1 Å². The monoisotopic (exact) mass is 292 g/mol. The van der Waals surface area contributed by atoms with Gasteiger partial charge in [-0.05, 0) is 51.4 Å². The van der Waals surface area contributed by atoms with Gasteiger partial charge in [0.25, 0.3) is 0 Å². The molecule has 2 nitrogen and oxygen atoms in total. The van der Waals surface area contributed by atoms with Crippen LogP contribution < -0.4 is 5.32 Å². The van der Waals surface area contributed by atoms with Crippen molar-refractivity contribution < 1.29 is 0 Å². The maximum atomic E-state index is 3.99. The molecule has 0 radical (unpaired) electrons. The van der Waals surface area contributed by atoms with E-state index in [1.165, 1.54) is 77.3 Å². The molecule has 1 aliphatic heterocycles. The first-order valence-corrected chi connectivity index (χ1v) is 9.65. The van der Waals surface area contributed by atoms with Gasteiger partial charge >= 0.3 is 0 Å². The molecule has 0 aromatic rings. The van der Waals surface area contributed by atoms with Gasteiger partial charge in [-0.2, -0.15) is 0 Å². The van der Waals surface area contributed by atoms with Gasteiger partial charge in [0.05, 0.1) is 0 Å². The Morgan fingerprint density at radius 1 is 0.952 bits per heavy atom. The summed E-state index contributed by atoms with van der Waals surface area (Å²) in [5.41, 5.74) is 0.809. The number of nitrogens with zero attached hydrogens (tertiary/aromatic N) is 1. The molecule has 1 N–H and O–H groups in total. The Kier molecular flexibility index (Phi) is 4.66. The maximum Gasteiger partial charge on any atom is 0.0332 e. The number of rotatable bonds is 4. The third-order valence-corrected chi connectivity index (χ3v) is 6.99. The molecule has 2 aliphatic carbocycles. The van der Waals surface area contributed by atoms with Crippen molar-refractivity contribution in [2.45, 2.75) is 102 Å². The van der Waals surface area contributed by atoms with E-state index >= 15 is 0 Å². The van der Waals surface area contributed by atoms with Gasteiger partial charge in [-0.25, -0.2) is 0 Å². The zero-order valence-corrected chi connectivity index (χ0v) is 14.6. The predicted octanol–water partition coefficient (Wildman–Crippen LogP) is 4.34. The largest absolute Gasteiger partial charge is 0.308 e. The first-order chi connectivity index (χ1) is 10.1. The second kappa shape index (κ2) is 6.20. The van der Waals surface area contributed by atoms with Crippen LogP contribution in [0.2, 0.25) is 0 Å². The lowest BCUT2D eigenvalue weighted by Gasteiger charge is -2.56. The molecule has 2 heteroatoms. The minimum atomic E-state index is 0.389. The fourth-order valence-corrected chi connectivity index (χ4v) is 5.03. The molecule has 0 spiro atoms. The van der Waals surface area contributed by atoms with Crippen molar-refractivity contribution in [1.82, 2.24) is 10.2 Å². The van der Waals surface area contributed by atoms with E-state index in [9.17, 15) is 0 Å². The third kappa shape index (κ3) is 3.03. The Morgan fingerprint density at radius 3 is 2.10 bits per heavy atom. The highest BCUT2D eigenvalue weighted by molar-refractivity contribution is 5.09. The average Bonchev–Trinajstić information content (AvgIpc) is 3.34. The molecule has 3 aliphatic rings. The van der Waals surface area contributed by atoms with Crippen LogP contribution in [0.4, 0.5) is 0 Å². The first kappa shape index (κ1) is 15.8. The van der Waals surface area contributed by atoms with Crippen LogP contribution in [0.15, 0.2) is 0 Å². The van der Waals surface area contributed by atoms with Gasteiger partial charge in [0, 0.05) is 30.2 Å². The van der Waals surface area contributed by atoms with Crippen LogP contribution in [0.1, 0.15) is 85.0 Å². The Balaban J connectivity index is 1.81. The van der Waals surface area contributed by atoms with Crippen LogP contribution >= 0.6 is 0 Å². The van der Waals surface area contributed by atoms with Crippen molar-refractivity contribution in [3.8, 4) is 0 Å². The second-order valence-corrected chi connectivity index (χ2v) is 8.25. The Bertz CT molecular complexity index is 337. The minimum absolute atomic E-state index is 0.389. The molecule has 0 aromatic heterocycles. The minimum Gasteiger partial charge on any atom is -0.308 e. The molecule has 1 atom stereocenters. The summed E-state index contributed by atoms with van der Waals surface area (Å²) in [4.78, 5) is 2.99. The molecule has 1 unspecified atom stereocenters. The number of piperazine rings is 1. The van der Waals surface area contributed by atoms with E-state index in [1.807, 2.05) is 0 Å². The molecule has 2 saturated carbocycles. The van der Waals surface area contributed by atoms with Crippen molar-refractivity contribution in [2.24, 2.45) is 5.92 Å². The molecule has 0 amide bonds. The van der Waals surface area contributed by atoms with Crippen molar-refractivity contribution in [2.75, 3.05) is 13.1 Å². The summed E-state index contributed by atoms with van der Waals surface area (Å²) >= 11 is 0. The molecule has 1 heterocycles. The molecule has 122 valence electrons. The summed E-state index contributed by atoms with van der Waals surface area (Å²) in [6.07, 6.45) is 14.2. The molecular weight excluding hydrogens is 256 g/mol. The van der Waals surface area contributed by atoms with Gasteiger partial charge in [0.1, 0.15) is 0 Å². The van der Waals surface area contributed by atoms with E-state index < -0.39 is 0 Å². The molecule has 3 rings (SSSR count). The second-order valence-electron chi connectivity index (χ2n) is 8.25. The molecular formula is C19H36N2. The predicted molar refractivity (Wildman–Crippen MR) is 90.6 cm³/mol. The van der Waals surface area contributed by atoms with Gasteiger partial charge < -0.3 is 5.32 Å². The number of nitrogens with one attached hydrogen (secondary N) is 1. The summed E-state index contributed by atoms with van der Waals surface area (Å²) in [5, 5.41) is 3.99. The highest BCUT2D eigenvalue weighted by Crippen LogP contribution is 2.45. The van der Waals surface area contributed by atoms with Gasteiger partial charge in [0.2, 0.25) is 0 Å². The lowest BCUT2D eigenvalue weighted by atomic mass is 9.79. The topological polar surface area (TPSA) is 15.3 Å². The van der Waals surface area contributed by atoms with Crippen molar-refractivity contribution in [3.63, 3.8) is 0 Å². The lowest BCUT2D eigenvalue weighted by Crippen LogP contribution is -2.71. The van der Waals surface area contributed by atoms with E-state index in [0.717, 1.165) is 12.0 Å². The van der Waals surface area contributed by atoms with E-state index in [4.69, 9.17) is 0 Å². The normalized spacial score (nSPS) is 35.6. The summed E-state index contributed by atoms with van der Waals surface area (Å²) in [5.74, 6) is 0.942. The number of hydrogen-bond donors (Lipinski definition) is 1. The zero-order chi connectivity index (χ0) is 14.9. The lowest BCUT2D eigenvalue weighted by molar-refractivity contribution is -0.0383. The van der Waals surface area contributed by atoms with E-state index in [2.05, 4.69) is 31.0 Å². The quantitative estimate of drug-likeness (QED) is 0.775. The van der Waals surface area contributed by atoms with Crippen molar-refractivity contribution in [3.05, 3.63) is 0 Å². The van der Waals surface area contributed by atoms with Gasteiger partial charge in [-0.3, -0.25) is 4.90 Å². The van der Waals surface area contributed by atoms with Crippen molar-refractivity contribution in [1.29, 1.82) is 0 Å². The highest BCUT2D eigenvalue weighted by atomic mass is 15.3. The van der Waals surface area contributed by atoms with E-state index in [-0.39, 0.29) is 0 Å². The van der Waals surface area contributed by atoms with Crippen LogP contribution in [-0.2, 0) is 0 Å². The number of hydrogen-bond acceptors (Lipinski definition) is 2. The smallest absolute Gasteiger partial charge is 0.0332 e. The van der Waals surface area contributed by atoms with Crippen LogP contribution in [0, 0.1) is 5.92 Å². The van der Waals surface area contributed by atoms with Crippen LogP contribution in [0.5, 0.6) is 0 Å². The fraction of sp³-hybridized carbons (Fsp3) is 1.00. The summed E-state index contributed by atoms with van der Waals surface area (Å²) in [6, 6.07) is 0.854. The van der Waals surface area contributed by atoms with Crippen molar-refractivity contribution >= 4 is 0 Å². The van der Waals surface area contributed by atoms with Crippen LogP contribution in [-0.4, -0.2) is 35.1 Å². The average molecular weight is 293 g/mol. The fourth-order valence-electron chi connectivity index (χ4n) is 5.03. The Hall–Kier alpha value is -0.0800. The first-order valence-electron chi connectivity index (χ1n) is 9.65. The Labute approximate surface area is 132 Å². The van der Waals surface area contributed by atoms with Gasteiger partial charge in [-0.15, -0.1) is 0 Å². The third-order valence-electron chi connectivity index (χ3n) is 6.99. The highest BCUT2D eigenvalue weighted by Gasteiger charge is 2.51. The molecule has 0 aromatic carbocycles. The standard InChI is InChI=1S/C19H36N2/c1-4-19(5-2)14-20-18(3,16-12-13-16)15-21(19)17-10-8-6-7-9-11-17/h16-17,20H,4-15H2,1-3H3. The molecule has 0 bridgehead atoms. The van der Waals surface area contributed by atoms with Gasteiger partial charge in [0.15, 0.2) is 0 Å². The van der Waals surface area contributed by atoms with Crippen LogP contribution in [0.25, 0.3) is 0 Å². The molecule has 3 fully saturated rings. The zero-order valence-electron chi connectivity index (χ0n) is 14.6. The van der Waals surface area contributed by atoms with Crippen LogP contribution in [0.3, 0.4) is 0 Å².